The number of hydrogen-bond donors (Lipinski definition) is 1. The molecule has 0 bridgehead atoms. The van der Waals surface area contributed by atoms with Crippen molar-refractivity contribution in [2.45, 2.75) is 40.0 Å². The Bertz CT molecular complexity index is 591. The summed E-state index contributed by atoms with van der Waals surface area (Å²) >= 11 is 0. The highest BCUT2D eigenvalue weighted by atomic mass is 16.5. The number of benzene rings is 1. The van der Waals surface area contributed by atoms with Crippen molar-refractivity contribution in [1.82, 2.24) is 0 Å². The Morgan fingerprint density at radius 3 is 2.65 bits per heavy atom. The highest BCUT2D eigenvalue weighted by Gasteiger charge is 2.22. The summed E-state index contributed by atoms with van der Waals surface area (Å²) in [7, 11) is 0. The van der Waals surface area contributed by atoms with Gasteiger partial charge in [0.2, 0.25) is 0 Å². The fourth-order valence-corrected chi connectivity index (χ4v) is 2.42. The average molecular weight is 269 g/mol. The molecule has 1 aliphatic heterocycles. The monoisotopic (exact) mass is 269 g/mol. The lowest BCUT2D eigenvalue weighted by Crippen LogP contribution is -2.16. The van der Waals surface area contributed by atoms with Gasteiger partial charge >= 0.3 is 0 Å². The molecule has 2 N–H and O–H groups in total. The zero-order valence-electron chi connectivity index (χ0n) is 12.7. The molecule has 2 nitrogen and oxygen atoms in total. The Kier molecular flexibility index (Phi) is 4.33. The van der Waals surface area contributed by atoms with E-state index < -0.39 is 0 Å². The Hall–Kier alpha value is -1.96. The van der Waals surface area contributed by atoms with Gasteiger partial charge in [-0.05, 0) is 42.5 Å². The predicted molar refractivity (Wildman–Crippen MR) is 85.5 cm³/mol. The molecule has 2 rings (SSSR count). The first-order chi connectivity index (χ1) is 9.58. The summed E-state index contributed by atoms with van der Waals surface area (Å²) in [5.74, 6) is 1.82. The number of ether oxygens (including phenoxy) is 1. The molecule has 0 saturated carbocycles. The van der Waals surface area contributed by atoms with Crippen LogP contribution in [0.2, 0.25) is 0 Å². The standard InChI is InChI=1S/C18H23NO/c1-5-7-14-15(8-6-2)18(19)20-17-10-9-13(12(3)4)11-16(14)17/h6-12H,5,19H2,1-4H3/b8-6-,14-7+. The van der Waals surface area contributed by atoms with E-state index in [1.165, 1.54) is 11.1 Å². The average Bonchev–Trinajstić information content (AvgIpc) is 2.42. The molecule has 1 aromatic rings. The molecular weight excluding hydrogens is 246 g/mol. The quantitative estimate of drug-likeness (QED) is 0.860. The van der Waals surface area contributed by atoms with Crippen molar-refractivity contribution in [3.63, 3.8) is 0 Å². The smallest absolute Gasteiger partial charge is 0.198 e. The summed E-state index contributed by atoms with van der Waals surface area (Å²) < 4.78 is 5.77. The van der Waals surface area contributed by atoms with Crippen molar-refractivity contribution >= 4 is 5.57 Å². The summed E-state index contributed by atoms with van der Waals surface area (Å²) in [6.45, 7) is 8.53. The largest absolute Gasteiger partial charge is 0.440 e. The first-order valence-corrected chi connectivity index (χ1v) is 7.23. The number of rotatable bonds is 3. The van der Waals surface area contributed by atoms with Gasteiger partial charge in [-0.2, -0.15) is 0 Å². The normalized spacial score (nSPS) is 16.9. The van der Waals surface area contributed by atoms with Crippen molar-refractivity contribution in [3.05, 3.63) is 59.0 Å². The van der Waals surface area contributed by atoms with Gasteiger partial charge in [0.1, 0.15) is 5.75 Å². The minimum absolute atomic E-state index is 0.479. The molecular formula is C18H23NO. The SMILES string of the molecule is C/C=C\C1=C(N)Oc2ccc(C(C)C)cc2/C1=C/CC. The Morgan fingerprint density at radius 2 is 2.05 bits per heavy atom. The third-order valence-electron chi connectivity index (χ3n) is 3.48. The highest BCUT2D eigenvalue weighted by molar-refractivity contribution is 5.87. The van der Waals surface area contributed by atoms with Crippen molar-refractivity contribution in [3.8, 4) is 5.75 Å². The summed E-state index contributed by atoms with van der Waals surface area (Å²) in [6.07, 6.45) is 7.19. The molecule has 2 heteroatoms. The van der Waals surface area contributed by atoms with Crippen LogP contribution in [0.3, 0.4) is 0 Å². The van der Waals surface area contributed by atoms with E-state index in [1.807, 2.05) is 25.1 Å². The Morgan fingerprint density at radius 1 is 1.30 bits per heavy atom. The van der Waals surface area contributed by atoms with Crippen LogP contribution in [0.15, 0.2) is 47.9 Å². The second-order valence-corrected chi connectivity index (χ2v) is 5.32. The zero-order valence-corrected chi connectivity index (χ0v) is 12.7. The van der Waals surface area contributed by atoms with Crippen LogP contribution < -0.4 is 10.5 Å². The maximum absolute atomic E-state index is 6.06. The number of allylic oxidation sites excluding steroid dienone is 5. The number of nitrogens with two attached hydrogens (primary N) is 1. The molecule has 0 amide bonds. The molecule has 0 saturated heterocycles. The van der Waals surface area contributed by atoms with Gasteiger partial charge in [0.25, 0.3) is 0 Å². The van der Waals surface area contributed by atoms with Crippen molar-refractivity contribution in [2.75, 3.05) is 0 Å². The van der Waals surface area contributed by atoms with Gasteiger partial charge in [-0.3, -0.25) is 0 Å². The first kappa shape index (κ1) is 14.4. The van der Waals surface area contributed by atoms with E-state index in [9.17, 15) is 0 Å². The van der Waals surface area contributed by atoms with E-state index in [0.29, 0.717) is 11.8 Å². The molecule has 0 aromatic heterocycles. The van der Waals surface area contributed by atoms with Gasteiger partial charge < -0.3 is 10.5 Å². The lowest BCUT2D eigenvalue weighted by atomic mass is 9.90. The Labute approximate surface area is 121 Å². The first-order valence-electron chi connectivity index (χ1n) is 7.23. The van der Waals surface area contributed by atoms with Gasteiger partial charge in [-0.15, -0.1) is 0 Å². The van der Waals surface area contributed by atoms with Gasteiger partial charge in [0, 0.05) is 11.1 Å². The fourth-order valence-electron chi connectivity index (χ4n) is 2.42. The molecule has 0 aliphatic carbocycles. The van der Waals surface area contributed by atoms with Crippen molar-refractivity contribution in [2.24, 2.45) is 5.73 Å². The Balaban J connectivity index is 2.61. The topological polar surface area (TPSA) is 35.2 Å². The molecule has 106 valence electrons. The second-order valence-electron chi connectivity index (χ2n) is 5.32. The third-order valence-corrected chi connectivity index (χ3v) is 3.48. The zero-order chi connectivity index (χ0) is 14.7. The minimum Gasteiger partial charge on any atom is -0.440 e. The summed E-state index contributed by atoms with van der Waals surface area (Å²) in [4.78, 5) is 0. The highest BCUT2D eigenvalue weighted by Crippen LogP contribution is 2.39. The lowest BCUT2D eigenvalue weighted by molar-refractivity contribution is 0.410. The number of fused-ring (bicyclic) bond motifs is 1. The molecule has 1 heterocycles. The molecule has 0 fully saturated rings. The summed E-state index contributed by atoms with van der Waals surface area (Å²) in [5, 5.41) is 0. The van der Waals surface area contributed by atoms with Crippen LogP contribution in [0.5, 0.6) is 5.75 Å². The fraction of sp³-hybridized carbons (Fsp3) is 0.333. The van der Waals surface area contributed by atoms with E-state index in [1.54, 1.807) is 0 Å². The van der Waals surface area contributed by atoms with Crippen LogP contribution in [0, 0.1) is 0 Å². The maximum Gasteiger partial charge on any atom is 0.198 e. The molecule has 0 spiro atoms. The van der Waals surface area contributed by atoms with Gasteiger partial charge in [0.15, 0.2) is 5.88 Å². The molecule has 1 aromatic carbocycles. The van der Waals surface area contributed by atoms with E-state index in [2.05, 4.69) is 39.0 Å². The van der Waals surface area contributed by atoms with Crippen LogP contribution in [-0.4, -0.2) is 0 Å². The van der Waals surface area contributed by atoms with Crippen molar-refractivity contribution in [1.29, 1.82) is 0 Å². The van der Waals surface area contributed by atoms with Crippen LogP contribution in [0.4, 0.5) is 0 Å². The molecule has 20 heavy (non-hydrogen) atoms. The van der Waals surface area contributed by atoms with Crippen LogP contribution >= 0.6 is 0 Å². The minimum atomic E-state index is 0.479. The van der Waals surface area contributed by atoms with E-state index >= 15 is 0 Å². The van der Waals surface area contributed by atoms with Crippen LogP contribution in [-0.2, 0) is 0 Å². The number of hydrogen-bond acceptors (Lipinski definition) is 2. The molecule has 1 aliphatic rings. The molecule has 0 radical (unpaired) electrons. The maximum atomic E-state index is 6.06. The predicted octanol–water partition coefficient (Wildman–Crippen LogP) is 4.74. The molecule has 0 atom stereocenters. The van der Waals surface area contributed by atoms with Crippen LogP contribution in [0.25, 0.3) is 5.57 Å². The van der Waals surface area contributed by atoms with E-state index in [-0.39, 0.29) is 0 Å². The van der Waals surface area contributed by atoms with Gasteiger partial charge in [0.05, 0.1) is 0 Å². The second kappa shape index (κ2) is 6.00. The lowest BCUT2D eigenvalue weighted by Gasteiger charge is -2.23. The van der Waals surface area contributed by atoms with E-state index in [0.717, 1.165) is 23.3 Å². The van der Waals surface area contributed by atoms with Gasteiger partial charge in [-0.1, -0.05) is 45.1 Å². The third kappa shape index (κ3) is 2.64. The molecule has 0 unspecified atom stereocenters. The van der Waals surface area contributed by atoms with Gasteiger partial charge in [-0.25, -0.2) is 0 Å². The van der Waals surface area contributed by atoms with E-state index in [4.69, 9.17) is 10.5 Å². The van der Waals surface area contributed by atoms with Crippen LogP contribution in [0.1, 0.15) is 51.2 Å². The summed E-state index contributed by atoms with van der Waals surface area (Å²) in [5.41, 5.74) is 10.7. The summed E-state index contributed by atoms with van der Waals surface area (Å²) in [6, 6.07) is 6.35. The van der Waals surface area contributed by atoms with Crippen molar-refractivity contribution < 1.29 is 4.74 Å².